The second kappa shape index (κ2) is 5.11. The molecular weight excluding hydrogens is 240 g/mol. The van der Waals surface area contributed by atoms with Gasteiger partial charge in [-0.1, -0.05) is 29.4 Å². The zero-order valence-electron chi connectivity index (χ0n) is 11.0. The molecule has 0 radical (unpaired) electrons. The molecule has 1 aromatic carbocycles. The van der Waals surface area contributed by atoms with Crippen LogP contribution in [0, 0.1) is 6.92 Å². The van der Waals surface area contributed by atoms with Crippen LogP contribution in [-0.2, 0) is 6.54 Å². The van der Waals surface area contributed by atoms with Crippen molar-refractivity contribution >= 4 is 0 Å². The Balaban J connectivity index is 1.75. The van der Waals surface area contributed by atoms with E-state index in [1.807, 2.05) is 31.2 Å². The quantitative estimate of drug-likeness (QED) is 0.905. The predicted octanol–water partition coefficient (Wildman–Crippen LogP) is 1.58. The van der Waals surface area contributed by atoms with Crippen molar-refractivity contribution in [2.24, 2.45) is 5.73 Å². The van der Waals surface area contributed by atoms with Crippen molar-refractivity contribution in [3.8, 4) is 11.4 Å². The maximum Gasteiger partial charge on any atom is 0.241 e. The third-order valence-electron chi connectivity index (χ3n) is 3.52. The van der Waals surface area contributed by atoms with Gasteiger partial charge < -0.3 is 10.3 Å². The molecule has 1 fully saturated rings. The Kier molecular flexibility index (Phi) is 3.31. The molecule has 1 saturated heterocycles. The van der Waals surface area contributed by atoms with Crippen LogP contribution in [0.4, 0.5) is 0 Å². The molecule has 5 heteroatoms. The van der Waals surface area contributed by atoms with Crippen LogP contribution in [0.15, 0.2) is 28.8 Å². The van der Waals surface area contributed by atoms with Crippen molar-refractivity contribution in [2.45, 2.75) is 25.9 Å². The molecule has 1 atom stereocenters. The standard InChI is InChI=1S/C14H18N4O/c1-10-4-2-3-5-12(10)14-16-13(19-17-14)9-18-7-6-11(15)8-18/h2-5,11H,6-9,15H2,1H3. The first-order valence-electron chi connectivity index (χ1n) is 6.59. The van der Waals surface area contributed by atoms with E-state index in [0.717, 1.165) is 30.6 Å². The summed E-state index contributed by atoms with van der Waals surface area (Å²) in [6, 6.07) is 8.32. The highest BCUT2D eigenvalue weighted by molar-refractivity contribution is 5.58. The normalized spacial score (nSPS) is 20.0. The summed E-state index contributed by atoms with van der Waals surface area (Å²) in [5, 5.41) is 4.06. The van der Waals surface area contributed by atoms with Gasteiger partial charge in [-0.25, -0.2) is 0 Å². The van der Waals surface area contributed by atoms with E-state index in [1.54, 1.807) is 0 Å². The monoisotopic (exact) mass is 258 g/mol. The smallest absolute Gasteiger partial charge is 0.241 e. The minimum absolute atomic E-state index is 0.277. The largest absolute Gasteiger partial charge is 0.338 e. The Hall–Kier alpha value is -1.72. The number of nitrogens with zero attached hydrogens (tertiary/aromatic N) is 3. The molecule has 2 heterocycles. The highest BCUT2D eigenvalue weighted by Gasteiger charge is 2.21. The van der Waals surface area contributed by atoms with Gasteiger partial charge in [-0.05, 0) is 18.9 Å². The average molecular weight is 258 g/mol. The summed E-state index contributed by atoms with van der Waals surface area (Å²) in [5.41, 5.74) is 8.06. The Bertz CT molecular complexity index is 566. The lowest BCUT2D eigenvalue weighted by Gasteiger charge is -2.10. The van der Waals surface area contributed by atoms with E-state index in [0.29, 0.717) is 18.3 Å². The summed E-state index contributed by atoms with van der Waals surface area (Å²) < 4.78 is 5.33. The molecule has 19 heavy (non-hydrogen) atoms. The molecule has 3 rings (SSSR count). The van der Waals surface area contributed by atoms with Gasteiger partial charge in [0, 0.05) is 24.7 Å². The van der Waals surface area contributed by atoms with Crippen molar-refractivity contribution in [3.63, 3.8) is 0 Å². The van der Waals surface area contributed by atoms with Gasteiger partial charge in [0.25, 0.3) is 0 Å². The molecule has 1 unspecified atom stereocenters. The SMILES string of the molecule is Cc1ccccc1-c1noc(CN2CCC(N)C2)n1. The number of benzene rings is 1. The van der Waals surface area contributed by atoms with E-state index in [1.165, 1.54) is 0 Å². The minimum atomic E-state index is 0.277. The van der Waals surface area contributed by atoms with Gasteiger partial charge in [-0.2, -0.15) is 4.98 Å². The zero-order valence-corrected chi connectivity index (χ0v) is 11.0. The van der Waals surface area contributed by atoms with Gasteiger partial charge in [0.05, 0.1) is 6.54 Å². The summed E-state index contributed by atoms with van der Waals surface area (Å²) in [6.07, 6.45) is 1.04. The van der Waals surface area contributed by atoms with Gasteiger partial charge >= 0.3 is 0 Å². The van der Waals surface area contributed by atoms with E-state index in [4.69, 9.17) is 10.3 Å². The third kappa shape index (κ3) is 2.67. The number of likely N-dealkylation sites (tertiary alicyclic amines) is 1. The Morgan fingerprint density at radius 1 is 1.42 bits per heavy atom. The molecule has 1 aliphatic rings. The van der Waals surface area contributed by atoms with Crippen LogP contribution in [0.25, 0.3) is 11.4 Å². The highest BCUT2D eigenvalue weighted by Crippen LogP contribution is 2.20. The van der Waals surface area contributed by atoms with Crippen LogP contribution < -0.4 is 5.73 Å². The van der Waals surface area contributed by atoms with Crippen molar-refractivity contribution in [3.05, 3.63) is 35.7 Å². The maximum atomic E-state index is 5.89. The predicted molar refractivity (Wildman–Crippen MR) is 72.3 cm³/mol. The molecule has 5 nitrogen and oxygen atoms in total. The Morgan fingerprint density at radius 2 is 2.26 bits per heavy atom. The van der Waals surface area contributed by atoms with E-state index in [-0.39, 0.29) is 6.04 Å². The number of aryl methyl sites for hydroxylation is 1. The number of rotatable bonds is 3. The molecular formula is C14H18N4O. The molecule has 1 aliphatic heterocycles. The van der Waals surface area contributed by atoms with Crippen LogP contribution in [-0.4, -0.2) is 34.2 Å². The highest BCUT2D eigenvalue weighted by atomic mass is 16.5. The lowest BCUT2D eigenvalue weighted by molar-refractivity contribution is 0.265. The van der Waals surface area contributed by atoms with Crippen molar-refractivity contribution in [2.75, 3.05) is 13.1 Å². The molecule has 0 amide bonds. The number of nitrogens with two attached hydrogens (primary N) is 1. The molecule has 2 N–H and O–H groups in total. The van der Waals surface area contributed by atoms with Crippen molar-refractivity contribution in [1.82, 2.24) is 15.0 Å². The van der Waals surface area contributed by atoms with Gasteiger partial charge in [-0.3, -0.25) is 4.90 Å². The zero-order chi connectivity index (χ0) is 13.2. The van der Waals surface area contributed by atoms with Crippen LogP contribution in [0.3, 0.4) is 0 Å². The van der Waals surface area contributed by atoms with Gasteiger partial charge in [0.15, 0.2) is 0 Å². The first-order valence-corrected chi connectivity index (χ1v) is 6.59. The topological polar surface area (TPSA) is 68.2 Å². The molecule has 0 bridgehead atoms. The van der Waals surface area contributed by atoms with Crippen molar-refractivity contribution < 1.29 is 4.52 Å². The fraction of sp³-hybridized carbons (Fsp3) is 0.429. The van der Waals surface area contributed by atoms with Crippen LogP contribution in [0.1, 0.15) is 17.9 Å². The second-order valence-corrected chi connectivity index (χ2v) is 5.11. The van der Waals surface area contributed by atoms with E-state index >= 15 is 0 Å². The molecule has 0 spiro atoms. The van der Waals surface area contributed by atoms with E-state index in [2.05, 4.69) is 15.0 Å². The summed E-state index contributed by atoms with van der Waals surface area (Å²) in [6.45, 7) is 4.64. The maximum absolute atomic E-state index is 5.89. The Morgan fingerprint density at radius 3 is 3.00 bits per heavy atom. The van der Waals surface area contributed by atoms with Crippen LogP contribution >= 0.6 is 0 Å². The van der Waals surface area contributed by atoms with Gasteiger partial charge in [0.1, 0.15) is 0 Å². The second-order valence-electron chi connectivity index (χ2n) is 5.11. The summed E-state index contributed by atoms with van der Waals surface area (Å²) in [5.74, 6) is 1.32. The van der Waals surface area contributed by atoms with Crippen molar-refractivity contribution in [1.29, 1.82) is 0 Å². The van der Waals surface area contributed by atoms with Crippen LogP contribution in [0.5, 0.6) is 0 Å². The molecule has 0 aliphatic carbocycles. The summed E-state index contributed by atoms with van der Waals surface area (Å²) in [7, 11) is 0. The third-order valence-corrected chi connectivity index (χ3v) is 3.52. The summed E-state index contributed by atoms with van der Waals surface area (Å²) >= 11 is 0. The first-order chi connectivity index (χ1) is 9.22. The minimum Gasteiger partial charge on any atom is -0.338 e. The van der Waals surface area contributed by atoms with E-state index in [9.17, 15) is 0 Å². The van der Waals surface area contributed by atoms with E-state index < -0.39 is 0 Å². The Labute approximate surface area is 112 Å². The van der Waals surface area contributed by atoms with Gasteiger partial charge in [0.2, 0.25) is 11.7 Å². The fourth-order valence-corrected chi connectivity index (χ4v) is 2.45. The fourth-order valence-electron chi connectivity index (χ4n) is 2.45. The lowest BCUT2D eigenvalue weighted by atomic mass is 10.1. The first kappa shape index (κ1) is 12.3. The molecule has 100 valence electrons. The molecule has 1 aromatic heterocycles. The number of hydrogen-bond donors (Lipinski definition) is 1. The molecule has 0 saturated carbocycles. The summed E-state index contributed by atoms with van der Waals surface area (Å²) in [4.78, 5) is 6.72. The average Bonchev–Trinajstić information content (AvgIpc) is 3.00. The lowest BCUT2D eigenvalue weighted by Crippen LogP contribution is -2.26. The van der Waals surface area contributed by atoms with Crippen LogP contribution in [0.2, 0.25) is 0 Å². The van der Waals surface area contributed by atoms with Gasteiger partial charge in [-0.15, -0.1) is 0 Å². The number of aromatic nitrogens is 2. The molecule has 2 aromatic rings. The number of hydrogen-bond acceptors (Lipinski definition) is 5.